The van der Waals surface area contributed by atoms with Crippen molar-refractivity contribution in [1.29, 1.82) is 5.26 Å². The molecule has 0 amide bonds. The van der Waals surface area contributed by atoms with Crippen LogP contribution in [0.15, 0.2) is 24.3 Å². The highest BCUT2D eigenvalue weighted by molar-refractivity contribution is 5.77. The van der Waals surface area contributed by atoms with Gasteiger partial charge in [0.05, 0.1) is 24.2 Å². The Morgan fingerprint density at radius 2 is 2.19 bits per heavy atom. The van der Waals surface area contributed by atoms with E-state index in [9.17, 15) is 4.79 Å². The van der Waals surface area contributed by atoms with Gasteiger partial charge in [-0.15, -0.1) is 0 Å². The zero-order valence-electron chi connectivity index (χ0n) is 9.14. The van der Waals surface area contributed by atoms with Crippen molar-refractivity contribution in [3.8, 4) is 6.07 Å². The van der Waals surface area contributed by atoms with E-state index in [0.29, 0.717) is 12.2 Å². The van der Waals surface area contributed by atoms with Crippen LogP contribution in [0.1, 0.15) is 30.4 Å². The Balaban J connectivity index is 2.01. The van der Waals surface area contributed by atoms with E-state index in [1.54, 1.807) is 12.1 Å². The lowest BCUT2D eigenvalue weighted by atomic mass is 10.1. The highest BCUT2D eigenvalue weighted by atomic mass is 16.5. The summed E-state index contributed by atoms with van der Waals surface area (Å²) in [7, 11) is 0. The van der Waals surface area contributed by atoms with Gasteiger partial charge in [-0.05, 0) is 37.0 Å². The highest BCUT2D eigenvalue weighted by Gasteiger charge is 2.44. The molecule has 2 atom stereocenters. The molecule has 0 bridgehead atoms. The number of hydrogen-bond acceptors (Lipinski definition) is 3. The first-order valence-corrected chi connectivity index (χ1v) is 5.43. The molecular formula is C13H13NO2. The summed E-state index contributed by atoms with van der Waals surface area (Å²) in [6.07, 6.45) is 0.866. The molecule has 1 aliphatic rings. The van der Waals surface area contributed by atoms with Crippen molar-refractivity contribution in [3.63, 3.8) is 0 Å². The minimum Gasteiger partial charge on any atom is -0.466 e. The molecule has 1 saturated carbocycles. The van der Waals surface area contributed by atoms with Crippen LogP contribution in [0.25, 0.3) is 0 Å². The number of ether oxygens (including phenoxy) is 1. The van der Waals surface area contributed by atoms with E-state index in [-0.39, 0.29) is 17.8 Å². The third-order valence-corrected chi connectivity index (χ3v) is 2.85. The second-order valence-corrected chi connectivity index (χ2v) is 3.93. The lowest BCUT2D eigenvalue weighted by Crippen LogP contribution is -2.07. The van der Waals surface area contributed by atoms with Gasteiger partial charge in [0.15, 0.2) is 0 Å². The fourth-order valence-electron chi connectivity index (χ4n) is 1.88. The maximum Gasteiger partial charge on any atom is 0.309 e. The number of nitrogens with zero attached hydrogens (tertiary/aromatic N) is 1. The molecule has 0 N–H and O–H groups in total. The molecule has 1 aromatic rings. The predicted molar refractivity (Wildman–Crippen MR) is 58.6 cm³/mol. The van der Waals surface area contributed by atoms with Crippen molar-refractivity contribution in [2.45, 2.75) is 19.3 Å². The fraction of sp³-hybridized carbons (Fsp3) is 0.385. The number of benzene rings is 1. The lowest BCUT2D eigenvalue weighted by Gasteiger charge is -2.01. The Hall–Kier alpha value is -1.82. The minimum atomic E-state index is -0.100. The number of hydrogen-bond donors (Lipinski definition) is 0. The van der Waals surface area contributed by atoms with Crippen molar-refractivity contribution in [3.05, 3.63) is 35.4 Å². The largest absolute Gasteiger partial charge is 0.466 e. The number of nitriles is 1. The van der Waals surface area contributed by atoms with Gasteiger partial charge in [-0.3, -0.25) is 4.79 Å². The zero-order valence-corrected chi connectivity index (χ0v) is 9.14. The predicted octanol–water partition coefficient (Wildman–Crippen LogP) is 2.22. The number of esters is 1. The van der Waals surface area contributed by atoms with Crippen LogP contribution >= 0.6 is 0 Å². The van der Waals surface area contributed by atoms with Crippen LogP contribution in [0.5, 0.6) is 0 Å². The third kappa shape index (κ3) is 2.06. The van der Waals surface area contributed by atoms with E-state index in [4.69, 9.17) is 10.00 Å². The molecule has 0 aromatic heterocycles. The number of carbonyl (C=O) groups excluding carboxylic acids is 1. The summed E-state index contributed by atoms with van der Waals surface area (Å²) in [5.41, 5.74) is 1.77. The van der Waals surface area contributed by atoms with Gasteiger partial charge in [-0.1, -0.05) is 12.1 Å². The summed E-state index contributed by atoms with van der Waals surface area (Å²) >= 11 is 0. The fourth-order valence-corrected chi connectivity index (χ4v) is 1.88. The van der Waals surface area contributed by atoms with Crippen molar-refractivity contribution in [1.82, 2.24) is 0 Å². The van der Waals surface area contributed by atoms with Gasteiger partial charge in [0.1, 0.15) is 0 Å². The van der Waals surface area contributed by atoms with Crippen LogP contribution in [0.2, 0.25) is 0 Å². The monoisotopic (exact) mass is 215 g/mol. The quantitative estimate of drug-likeness (QED) is 0.726. The molecule has 0 unspecified atom stereocenters. The van der Waals surface area contributed by atoms with Gasteiger partial charge in [-0.25, -0.2) is 0 Å². The van der Waals surface area contributed by atoms with Crippen molar-refractivity contribution >= 4 is 5.97 Å². The van der Waals surface area contributed by atoms with Crippen LogP contribution in [0, 0.1) is 17.2 Å². The van der Waals surface area contributed by atoms with Gasteiger partial charge in [0.2, 0.25) is 0 Å². The highest BCUT2D eigenvalue weighted by Crippen LogP contribution is 2.48. The van der Waals surface area contributed by atoms with E-state index >= 15 is 0 Å². The van der Waals surface area contributed by atoms with Gasteiger partial charge in [0, 0.05) is 0 Å². The number of rotatable bonds is 3. The Morgan fingerprint density at radius 3 is 2.75 bits per heavy atom. The zero-order chi connectivity index (χ0) is 11.5. The van der Waals surface area contributed by atoms with E-state index in [0.717, 1.165) is 12.0 Å². The van der Waals surface area contributed by atoms with Crippen LogP contribution in [-0.4, -0.2) is 12.6 Å². The number of carbonyl (C=O) groups is 1. The van der Waals surface area contributed by atoms with Crippen molar-refractivity contribution in [2.24, 2.45) is 5.92 Å². The topological polar surface area (TPSA) is 50.1 Å². The van der Waals surface area contributed by atoms with Gasteiger partial charge >= 0.3 is 5.97 Å². The molecule has 82 valence electrons. The summed E-state index contributed by atoms with van der Waals surface area (Å²) in [5, 5.41) is 8.67. The maximum absolute atomic E-state index is 11.4. The molecule has 0 spiro atoms. The molecule has 1 aliphatic carbocycles. The summed E-state index contributed by atoms with van der Waals surface area (Å²) in [6, 6.07) is 9.49. The third-order valence-electron chi connectivity index (χ3n) is 2.85. The Kier molecular flexibility index (Phi) is 2.91. The van der Waals surface area contributed by atoms with Crippen LogP contribution in [-0.2, 0) is 9.53 Å². The molecule has 3 heteroatoms. The van der Waals surface area contributed by atoms with E-state index in [2.05, 4.69) is 6.07 Å². The first kappa shape index (κ1) is 10.7. The van der Waals surface area contributed by atoms with Crippen LogP contribution in [0.4, 0.5) is 0 Å². The van der Waals surface area contributed by atoms with Gasteiger partial charge in [0.25, 0.3) is 0 Å². The molecule has 1 aromatic carbocycles. The first-order valence-electron chi connectivity index (χ1n) is 5.43. The Labute approximate surface area is 94.6 Å². The first-order chi connectivity index (χ1) is 7.76. The van der Waals surface area contributed by atoms with Gasteiger partial charge < -0.3 is 4.74 Å². The summed E-state index contributed by atoms with van der Waals surface area (Å²) < 4.78 is 4.97. The van der Waals surface area contributed by atoms with E-state index < -0.39 is 0 Å². The molecule has 0 heterocycles. The molecule has 2 rings (SSSR count). The van der Waals surface area contributed by atoms with Gasteiger partial charge in [-0.2, -0.15) is 5.26 Å². The average Bonchev–Trinajstić information content (AvgIpc) is 3.09. The SMILES string of the molecule is CCOC(=O)[C@@H]1C[C@@H]1c1ccc(C#N)cc1. The van der Waals surface area contributed by atoms with Crippen molar-refractivity contribution in [2.75, 3.05) is 6.61 Å². The molecular weight excluding hydrogens is 202 g/mol. The maximum atomic E-state index is 11.4. The van der Waals surface area contributed by atoms with E-state index in [1.165, 1.54) is 0 Å². The summed E-state index contributed by atoms with van der Waals surface area (Å²) in [4.78, 5) is 11.4. The molecule has 3 nitrogen and oxygen atoms in total. The second-order valence-electron chi connectivity index (χ2n) is 3.93. The lowest BCUT2D eigenvalue weighted by molar-refractivity contribution is -0.144. The molecule has 16 heavy (non-hydrogen) atoms. The standard InChI is InChI=1S/C13H13NO2/c1-2-16-13(15)12-7-11(12)10-5-3-9(8-14)4-6-10/h3-6,11-12H,2,7H2,1H3/t11-,12-/m1/s1. The van der Waals surface area contributed by atoms with Crippen LogP contribution < -0.4 is 0 Å². The Bertz CT molecular complexity index is 430. The van der Waals surface area contributed by atoms with Crippen LogP contribution in [0.3, 0.4) is 0 Å². The molecule has 0 saturated heterocycles. The average molecular weight is 215 g/mol. The molecule has 0 radical (unpaired) electrons. The van der Waals surface area contributed by atoms with Crippen molar-refractivity contribution < 1.29 is 9.53 Å². The van der Waals surface area contributed by atoms with E-state index in [1.807, 2.05) is 19.1 Å². The summed E-state index contributed by atoms with van der Waals surface area (Å²) in [6.45, 7) is 2.26. The summed E-state index contributed by atoms with van der Waals surface area (Å²) in [5.74, 6) is 0.205. The second kappa shape index (κ2) is 4.36. The smallest absolute Gasteiger partial charge is 0.309 e. The minimum absolute atomic E-state index is 0.0212. The molecule has 0 aliphatic heterocycles. The Morgan fingerprint density at radius 1 is 1.50 bits per heavy atom. The molecule has 1 fully saturated rings. The normalized spacial score (nSPS) is 22.2.